The first-order valence-corrected chi connectivity index (χ1v) is 6.50. The Kier molecular flexibility index (Phi) is 6.28. The van der Waals surface area contributed by atoms with Crippen molar-refractivity contribution >= 4 is 10.0 Å². The number of unbranched alkanes of at least 4 members (excludes halogenated alkanes) is 1. The fraction of sp³-hybridized carbons (Fsp3) is 1.00. The van der Waals surface area contributed by atoms with Crippen LogP contribution in [0.4, 0.5) is 0 Å². The van der Waals surface area contributed by atoms with Crippen molar-refractivity contribution in [2.24, 2.45) is 0 Å². The number of nitrogens with one attached hydrogen (secondary N) is 2. The van der Waals surface area contributed by atoms with Crippen LogP contribution in [0.1, 0.15) is 26.2 Å². The monoisotopic (exact) mass is 208 g/mol. The Morgan fingerprint density at radius 1 is 1.38 bits per heavy atom. The molecule has 0 fully saturated rings. The molecule has 0 rings (SSSR count). The summed E-state index contributed by atoms with van der Waals surface area (Å²) in [6, 6.07) is 0.245. The summed E-state index contributed by atoms with van der Waals surface area (Å²) in [7, 11) is -1.19. The van der Waals surface area contributed by atoms with Gasteiger partial charge in [-0.1, -0.05) is 19.8 Å². The van der Waals surface area contributed by atoms with E-state index in [1.165, 1.54) is 6.26 Å². The predicted molar refractivity (Wildman–Crippen MR) is 55.2 cm³/mol. The number of likely N-dealkylation sites (N-methyl/N-ethyl adjacent to an activating group) is 1. The van der Waals surface area contributed by atoms with Gasteiger partial charge in [-0.15, -0.1) is 0 Å². The van der Waals surface area contributed by atoms with Gasteiger partial charge in [-0.3, -0.25) is 0 Å². The molecule has 2 N–H and O–H groups in total. The van der Waals surface area contributed by atoms with Gasteiger partial charge in [-0.05, 0) is 13.5 Å². The van der Waals surface area contributed by atoms with Gasteiger partial charge in [0.1, 0.15) is 0 Å². The average Bonchev–Trinajstić information content (AvgIpc) is 2.03. The van der Waals surface area contributed by atoms with Crippen molar-refractivity contribution in [3.05, 3.63) is 0 Å². The van der Waals surface area contributed by atoms with Crippen molar-refractivity contribution in [2.75, 3.05) is 19.8 Å². The summed E-state index contributed by atoms with van der Waals surface area (Å²) in [5.41, 5.74) is 0. The van der Waals surface area contributed by atoms with Gasteiger partial charge >= 0.3 is 0 Å². The number of hydrogen-bond donors (Lipinski definition) is 2. The van der Waals surface area contributed by atoms with Crippen LogP contribution in [0.2, 0.25) is 0 Å². The first-order chi connectivity index (χ1) is 5.99. The third-order valence-corrected chi connectivity index (χ3v) is 2.60. The Morgan fingerprint density at radius 3 is 2.38 bits per heavy atom. The third-order valence-electron chi connectivity index (χ3n) is 1.91. The summed E-state index contributed by atoms with van der Waals surface area (Å²) in [6.45, 7) is 2.60. The van der Waals surface area contributed by atoms with E-state index in [2.05, 4.69) is 17.0 Å². The number of hydrogen-bond acceptors (Lipinski definition) is 3. The summed E-state index contributed by atoms with van der Waals surface area (Å²) < 4.78 is 24.1. The van der Waals surface area contributed by atoms with Gasteiger partial charge in [-0.25, -0.2) is 13.1 Å². The van der Waals surface area contributed by atoms with Gasteiger partial charge in [-0.2, -0.15) is 0 Å². The molecule has 0 aromatic heterocycles. The highest BCUT2D eigenvalue weighted by molar-refractivity contribution is 7.88. The normalized spacial score (nSPS) is 14.4. The molecule has 0 radical (unpaired) electrons. The van der Waals surface area contributed by atoms with Crippen LogP contribution >= 0.6 is 0 Å². The van der Waals surface area contributed by atoms with Crippen molar-refractivity contribution in [3.8, 4) is 0 Å². The van der Waals surface area contributed by atoms with Crippen LogP contribution in [-0.4, -0.2) is 34.3 Å². The summed E-state index contributed by atoms with van der Waals surface area (Å²) in [5.74, 6) is 0. The number of rotatable bonds is 7. The minimum absolute atomic E-state index is 0.245. The van der Waals surface area contributed by atoms with Gasteiger partial charge in [0, 0.05) is 12.6 Å². The van der Waals surface area contributed by atoms with Crippen LogP contribution < -0.4 is 10.0 Å². The molecule has 13 heavy (non-hydrogen) atoms. The Hall–Kier alpha value is -0.130. The Morgan fingerprint density at radius 2 is 2.00 bits per heavy atom. The molecule has 0 spiro atoms. The molecule has 1 atom stereocenters. The first kappa shape index (κ1) is 12.9. The zero-order chi connectivity index (χ0) is 10.3. The van der Waals surface area contributed by atoms with E-state index < -0.39 is 10.0 Å². The SMILES string of the molecule is CCCC[C@H](CNS(C)(=O)=O)NC. The van der Waals surface area contributed by atoms with E-state index in [0.29, 0.717) is 6.54 Å². The standard InChI is InChI=1S/C8H20N2O2S/c1-4-5-6-8(9-2)7-10-13(3,11)12/h8-10H,4-7H2,1-3H3/t8-/m1/s1. The summed E-state index contributed by atoms with van der Waals surface area (Å²) in [5, 5.41) is 3.08. The molecule has 80 valence electrons. The van der Waals surface area contributed by atoms with Crippen molar-refractivity contribution in [1.29, 1.82) is 0 Å². The van der Waals surface area contributed by atoms with Crippen LogP contribution in [0.5, 0.6) is 0 Å². The van der Waals surface area contributed by atoms with Crippen molar-refractivity contribution in [1.82, 2.24) is 10.0 Å². The first-order valence-electron chi connectivity index (χ1n) is 4.61. The Bertz CT molecular complexity index is 214. The molecule has 0 aromatic rings. The Labute approximate surface area is 81.2 Å². The minimum atomic E-state index is -3.04. The van der Waals surface area contributed by atoms with Crippen molar-refractivity contribution < 1.29 is 8.42 Å². The lowest BCUT2D eigenvalue weighted by atomic mass is 10.1. The van der Waals surface area contributed by atoms with E-state index >= 15 is 0 Å². The van der Waals surface area contributed by atoms with Crippen LogP contribution in [0.15, 0.2) is 0 Å². The fourth-order valence-electron chi connectivity index (χ4n) is 1.05. The van der Waals surface area contributed by atoms with Crippen LogP contribution in [0, 0.1) is 0 Å². The topological polar surface area (TPSA) is 58.2 Å². The van der Waals surface area contributed by atoms with E-state index in [1.54, 1.807) is 0 Å². The zero-order valence-electron chi connectivity index (χ0n) is 8.63. The lowest BCUT2D eigenvalue weighted by Crippen LogP contribution is -2.38. The molecule has 0 bridgehead atoms. The van der Waals surface area contributed by atoms with E-state index in [0.717, 1.165) is 19.3 Å². The van der Waals surface area contributed by atoms with Gasteiger partial charge < -0.3 is 5.32 Å². The highest BCUT2D eigenvalue weighted by Crippen LogP contribution is 1.99. The van der Waals surface area contributed by atoms with Crippen LogP contribution in [0.25, 0.3) is 0 Å². The summed E-state index contributed by atoms with van der Waals surface area (Å²) in [4.78, 5) is 0. The van der Waals surface area contributed by atoms with Gasteiger partial charge in [0.2, 0.25) is 10.0 Å². The second-order valence-electron chi connectivity index (χ2n) is 3.25. The number of sulfonamides is 1. The molecule has 0 saturated heterocycles. The van der Waals surface area contributed by atoms with Crippen LogP contribution in [0.3, 0.4) is 0 Å². The van der Waals surface area contributed by atoms with Gasteiger partial charge in [0.15, 0.2) is 0 Å². The molecule has 4 nitrogen and oxygen atoms in total. The summed E-state index contributed by atoms with van der Waals surface area (Å²) in [6.07, 6.45) is 4.45. The molecule has 0 heterocycles. The smallest absolute Gasteiger partial charge is 0.208 e. The molecule has 0 unspecified atom stereocenters. The van der Waals surface area contributed by atoms with E-state index in [4.69, 9.17) is 0 Å². The maximum Gasteiger partial charge on any atom is 0.208 e. The molecule has 0 aromatic carbocycles. The van der Waals surface area contributed by atoms with Gasteiger partial charge in [0.05, 0.1) is 6.26 Å². The molecule has 0 amide bonds. The second-order valence-corrected chi connectivity index (χ2v) is 5.08. The quantitative estimate of drug-likeness (QED) is 0.633. The second kappa shape index (κ2) is 6.34. The van der Waals surface area contributed by atoms with Gasteiger partial charge in [0.25, 0.3) is 0 Å². The molecule has 5 heteroatoms. The zero-order valence-corrected chi connectivity index (χ0v) is 9.45. The molecule has 0 aliphatic carbocycles. The maximum atomic E-state index is 10.8. The lowest BCUT2D eigenvalue weighted by molar-refractivity contribution is 0.489. The average molecular weight is 208 g/mol. The third kappa shape index (κ3) is 8.21. The molecule has 0 aliphatic rings. The minimum Gasteiger partial charge on any atom is -0.316 e. The Balaban J connectivity index is 3.72. The summed E-state index contributed by atoms with van der Waals surface area (Å²) >= 11 is 0. The molecule has 0 saturated carbocycles. The largest absolute Gasteiger partial charge is 0.316 e. The highest BCUT2D eigenvalue weighted by Gasteiger charge is 2.07. The van der Waals surface area contributed by atoms with E-state index in [-0.39, 0.29) is 6.04 Å². The lowest BCUT2D eigenvalue weighted by Gasteiger charge is -2.15. The van der Waals surface area contributed by atoms with Crippen molar-refractivity contribution in [2.45, 2.75) is 32.2 Å². The molecule has 0 aliphatic heterocycles. The highest BCUT2D eigenvalue weighted by atomic mass is 32.2. The van der Waals surface area contributed by atoms with E-state index in [9.17, 15) is 8.42 Å². The molecular weight excluding hydrogens is 188 g/mol. The fourth-order valence-corrected chi connectivity index (χ4v) is 1.55. The van der Waals surface area contributed by atoms with Crippen molar-refractivity contribution in [3.63, 3.8) is 0 Å². The predicted octanol–water partition coefficient (Wildman–Crippen LogP) is 0.314. The van der Waals surface area contributed by atoms with Crippen LogP contribution in [-0.2, 0) is 10.0 Å². The molecular formula is C8H20N2O2S. The van der Waals surface area contributed by atoms with E-state index in [1.807, 2.05) is 7.05 Å². The maximum absolute atomic E-state index is 10.8.